The lowest BCUT2D eigenvalue weighted by atomic mass is 10.3. The van der Waals surface area contributed by atoms with Crippen molar-refractivity contribution >= 4 is 16.9 Å². The van der Waals surface area contributed by atoms with Crippen molar-refractivity contribution in [3.05, 3.63) is 24.4 Å². The van der Waals surface area contributed by atoms with Crippen LogP contribution in [0, 0.1) is 0 Å². The molecule has 0 fully saturated rings. The van der Waals surface area contributed by atoms with Gasteiger partial charge in [-0.2, -0.15) is 0 Å². The van der Waals surface area contributed by atoms with E-state index in [1.807, 2.05) is 12.1 Å². The van der Waals surface area contributed by atoms with E-state index in [0.29, 0.717) is 0 Å². The third-order valence-corrected chi connectivity index (χ3v) is 1.76. The molecule has 2 aromatic heterocycles. The molecule has 3 nitrogen and oxygen atoms in total. The Bertz CT molecular complexity index is 345. The van der Waals surface area contributed by atoms with Crippen molar-refractivity contribution in [2.24, 2.45) is 0 Å². The van der Waals surface area contributed by atoms with Crippen LogP contribution in [0.1, 0.15) is 6.92 Å². The van der Waals surface area contributed by atoms with Crippen molar-refractivity contribution in [2.75, 3.05) is 11.9 Å². The summed E-state index contributed by atoms with van der Waals surface area (Å²) in [5, 5.41) is 4.35. The van der Waals surface area contributed by atoms with Gasteiger partial charge in [0.05, 0.1) is 0 Å². The average molecular weight is 161 g/mol. The SMILES string of the molecule is CCNc1cc2cccnc2[nH]1. The molecule has 0 spiro atoms. The number of H-pyrrole nitrogens is 1. The van der Waals surface area contributed by atoms with Gasteiger partial charge >= 0.3 is 0 Å². The number of nitrogens with one attached hydrogen (secondary N) is 2. The Balaban J connectivity index is 2.47. The Morgan fingerprint density at radius 3 is 3.25 bits per heavy atom. The van der Waals surface area contributed by atoms with E-state index >= 15 is 0 Å². The lowest BCUT2D eigenvalue weighted by Gasteiger charge is -1.94. The maximum Gasteiger partial charge on any atom is 0.138 e. The summed E-state index contributed by atoms with van der Waals surface area (Å²) in [4.78, 5) is 7.36. The minimum atomic E-state index is 0.923. The van der Waals surface area contributed by atoms with E-state index in [1.165, 1.54) is 0 Å². The monoisotopic (exact) mass is 161 g/mol. The first kappa shape index (κ1) is 7.16. The molecule has 0 aliphatic heterocycles. The predicted octanol–water partition coefficient (Wildman–Crippen LogP) is 1.99. The first-order valence-electron chi connectivity index (χ1n) is 4.08. The molecule has 0 atom stereocenters. The van der Waals surface area contributed by atoms with Gasteiger partial charge in [0, 0.05) is 18.1 Å². The standard InChI is InChI=1S/C9H11N3/c1-2-10-8-6-7-4-3-5-11-9(7)12-8/h3-6,10H,2H2,1H3,(H,11,12). The number of pyridine rings is 1. The van der Waals surface area contributed by atoms with E-state index in [2.05, 4.69) is 28.3 Å². The summed E-state index contributed by atoms with van der Waals surface area (Å²) in [5.41, 5.74) is 0.938. The summed E-state index contributed by atoms with van der Waals surface area (Å²) in [6, 6.07) is 6.04. The van der Waals surface area contributed by atoms with Gasteiger partial charge < -0.3 is 10.3 Å². The van der Waals surface area contributed by atoms with Crippen LogP contribution in [-0.4, -0.2) is 16.5 Å². The molecule has 62 valence electrons. The van der Waals surface area contributed by atoms with E-state index < -0.39 is 0 Å². The van der Waals surface area contributed by atoms with Crippen LogP contribution < -0.4 is 5.32 Å². The van der Waals surface area contributed by atoms with Gasteiger partial charge in [-0.3, -0.25) is 0 Å². The Labute approximate surface area is 70.8 Å². The third kappa shape index (κ3) is 1.13. The summed E-state index contributed by atoms with van der Waals surface area (Å²) in [5.74, 6) is 1.03. The molecule has 2 heterocycles. The van der Waals surface area contributed by atoms with Crippen LogP contribution in [0.3, 0.4) is 0 Å². The molecule has 0 aromatic carbocycles. The van der Waals surface area contributed by atoms with Crippen molar-refractivity contribution in [1.29, 1.82) is 0 Å². The second kappa shape index (κ2) is 2.85. The molecule has 12 heavy (non-hydrogen) atoms. The fourth-order valence-electron chi connectivity index (χ4n) is 1.24. The van der Waals surface area contributed by atoms with Crippen LogP contribution in [0.25, 0.3) is 11.0 Å². The number of aromatic amines is 1. The van der Waals surface area contributed by atoms with Crippen molar-refractivity contribution in [3.63, 3.8) is 0 Å². The van der Waals surface area contributed by atoms with Gasteiger partial charge in [-0.25, -0.2) is 4.98 Å². The number of rotatable bonds is 2. The lowest BCUT2D eigenvalue weighted by molar-refractivity contribution is 1.18. The highest BCUT2D eigenvalue weighted by atomic mass is 15.0. The van der Waals surface area contributed by atoms with Gasteiger partial charge in [0.1, 0.15) is 11.5 Å². The van der Waals surface area contributed by atoms with E-state index in [-0.39, 0.29) is 0 Å². The molecule has 0 aliphatic rings. The zero-order chi connectivity index (χ0) is 8.39. The smallest absolute Gasteiger partial charge is 0.138 e. The van der Waals surface area contributed by atoms with E-state index in [0.717, 1.165) is 23.4 Å². The fraction of sp³-hybridized carbons (Fsp3) is 0.222. The quantitative estimate of drug-likeness (QED) is 0.707. The van der Waals surface area contributed by atoms with Gasteiger partial charge in [-0.1, -0.05) is 0 Å². The highest BCUT2D eigenvalue weighted by Gasteiger charge is 1.97. The highest BCUT2D eigenvalue weighted by Crippen LogP contribution is 2.15. The molecule has 2 aromatic rings. The normalized spacial score (nSPS) is 10.4. The average Bonchev–Trinajstić information content (AvgIpc) is 2.47. The largest absolute Gasteiger partial charge is 0.372 e. The molecule has 2 N–H and O–H groups in total. The minimum Gasteiger partial charge on any atom is -0.372 e. The maximum absolute atomic E-state index is 4.19. The molecular weight excluding hydrogens is 150 g/mol. The van der Waals surface area contributed by atoms with Crippen molar-refractivity contribution in [3.8, 4) is 0 Å². The number of hydrogen-bond acceptors (Lipinski definition) is 2. The van der Waals surface area contributed by atoms with Crippen molar-refractivity contribution < 1.29 is 0 Å². The molecule has 2 rings (SSSR count). The molecule has 0 aliphatic carbocycles. The molecule has 0 unspecified atom stereocenters. The number of hydrogen-bond donors (Lipinski definition) is 2. The zero-order valence-electron chi connectivity index (χ0n) is 6.96. The minimum absolute atomic E-state index is 0.923. The molecule has 0 saturated heterocycles. The predicted molar refractivity (Wildman–Crippen MR) is 50.3 cm³/mol. The van der Waals surface area contributed by atoms with Gasteiger partial charge in [-0.05, 0) is 25.1 Å². The lowest BCUT2D eigenvalue weighted by Crippen LogP contribution is -1.95. The van der Waals surface area contributed by atoms with E-state index in [1.54, 1.807) is 6.20 Å². The summed E-state index contributed by atoms with van der Waals surface area (Å²) in [6.45, 7) is 2.99. The zero-order valence-corrected chi connectivity index (χ0v) is 6.96. The number of anilines is 1. The van der Waals surface area contributed by atoms with Gasteiger partial charge in [0.15, 0.2) is 0 Å². The third-order valence-electron chi connectivity index (χ3n) is 1.76. The molecule has 0 bridgehead atoms. The van der Waals surface area contributed by atoms with Crippen LogP contribution in [0.4, 0.5) is 5.82 Å². The van der Waals surface area contributed by atoms with E-state index in [9.17, 15) is 0 Å². The molecule has 0 saturated carbocycles. The first-order chi connectivity index (χ1) is 5.90. The number of fused-ring (bicyclic) bond motifs is 1. The summed E-state index contributed by atoms with van der Waals surface area (Å²) in [7, 11) is 0. The molecule has 3 heteroatoms. The van der Waals surface area contributed by atoms with Crippen LogP contribution in [0.5, 0.6) is 0 Å². The maximum atomic E-state index is 4.19. The van der Waals surface area contributed by atoms with Gasteiger partial charge in [0.25, 0.3) is 0 Å². The second-order valence-corrected chi connectivity index (χ2v) is 2.65. The van der Waals surface area contributed by atoms with Gasteiger partial charge in [0.2, 0.25) is 0 Å². The number of nitrogens with zero attached hydrogens (tertiary/aromatic N) is 1. The highest BCUT2D eigenvalue weighted by molar-refractivity contribution is 5.80. The second-order valence-electron chi connectivity index (χ2n) is 2.65. The summed E-state index contributed by atoms with van der Waals surface area (Å²) >= 11 is 0. The van der Waals surface area contributed by atoms with Crippen LogP contribution in [0.15, 0.2) is 24.4 Å². The Morgan fingerprint density at radius 2 is 2.50 bits per heavy atom. The van der Waals surface area contributed by atoms with E-state index in [4.69, 9.17) is 0 Å². The number of aromatic nitrogens is 2. The van der Waals surface area contributed by atoms with Crippen molar-refractivity contribution in [2.45, 2.75) is 6.92 Å². The Hall–Kier alpha value is -1.51. The molecule has 0 amide bonds. The Morgan fingerprint density at radius 1 is 1.58 bits per heavy atom. The molecule has 0 radical (unpaired) electrons. The van der Waals surface area contributed by atoms with Crippen LogP contribution >= 0.6 is 0 Å². The fourth-order valence-corrected chi connectivity index (χ4v) is 1.24. The Kier molecular flexibility index (Phi) is 1.70. The first-order valence-corrected chi connectivity index (χ1v) is 4.08. The van der Waals surface area contributed by atoms with Crippen LogP contribution in [-0.2, 0) is 0 Å². The summed E-state index contributed by atoms with van der Waals surface area (Å²) in [6.07, 6.45) is 1.79. The van der Waals surface area contributed by atoms with Crippen LogP contribution in [0.2, 0.25) is 0 Å². The molecular formula is C9H11N3. The van der Waals surface area contributed by atoms with Crippen molar-refractivity contribution in [1.82, 2.24) is 9.97 Å². The summed E-state index contributed by atoms with van der Waals surface area (Å²) < 4.78 is 0. The topological polar surface area (TPSA) is 40.7 Å². The van der Waals surface area contributed by atoms with Gasteiger partial charge in [-0.15, -0.1) is 0 Å².